The van der Waals surface area contributed by atoms with Gasteiger partial charge in [-0.2, -0.15) is 0 Å². The summed E-state index contributed by atoms with van der Waals surface area (Å²) in [6, 6.07) is 6.63. The first-order valence-electron chi connectivity index (χ1n) is 6.97. The summed E-state index contributed by atoms with van der Waals surface area (Å²) in [6.45, 7) is 6.19. The second-order valence-electron chi connectivity index (χ2n) is 6.46. The molecule has 0 spiro atoms. The summed E-state index contributed by atoms with van der Waals surface area (Å²) in [5.74, 6) is -0.212. The molecule has 116 valence electrons. The summed E-state index contributed by atoms with van der Waals surface area (Å²) < 4.78 is 0. The lowest BCUT2D eigenvalue weighted by Gasteiger charge is -2.25. The van der Waals surface area contributed by atoms with Crippen LogP contribution in [0.1, 0.15) is 36.7 Å². The Morgan fingerprint density at radius 1 is 1.19 bits per heavy atom. The molecule has 1 aromatic carbocycles. The fourth-order valence-corrected chi connectivity index (χ4v) is 1.72. The predicted molar refractivity (Wildman–Crippen MR) is 83.7 cm³/mol. The minimum atomic E-state index is -0.549. The molecule has 0 radical (unpaired) electrons. The first kappa shape index (κ1) is 17.2. The molecule has 5 nitrogen and oxygen atoms in total. The van der Waals surface area contributed by atoms with Crippen LogP contribution in [0.25, 0.3) is 0 Å². The summed E-state index contributed by atoms with van der Waals surface area (Å²) in [4.78, 5) is 25.2. The third-order valence-electron chi connectivity index (χ3n) is 3.29. The Bertz CT molecular complexity index is 501. The minimum absolute atomic E-state index is 0.0414. The van der Waals surface area contributed by atoms with Crippen molar-refractivity contribution in [2.75, 3.05) is 14.1 Å². The van der Waals surface area contributed by atoms with E-state index in [4.69, 9.17) is 5.73 Å². The smallest absolute Gasteiger partial charge is 0.253 e. The van der Waals surface area contributed by atoms with Gasteiger partial charge < -0.3 is 16.0 Å². The highest BCUT2D eigenvalue weighted by atomic mass is 16.2. The van der Waals surface area contributed by atoms with Gasteiger partial charge in [-0.25, -0.2) is 0 Å². The Morgan fingerprint density at radius 2 is 1.71 bits per heavy atom. The summed E-state index contributed by atoms with van der Waals surface area (Å²) in [6.07, 6.45) is 0. The largest absolute Gasteiger partial charge is 0.351 e. The average molecular weight is 291 g/mol. The Morgan fingerprint density at radius 3 is 2.14 bits per heavy atom. The molecule has 5 heteroatoms. The third kappa shape index (κ3) is 4.86. The molecule has 0 heterocycles. The van der Waals surface area contributed by atoms with Crippen molar-refractivity contribution in [1.82, 2.24) is 10.2 Å². The molecule has 1 rings (SSSR count). The van der Waals surface area contributed by atoms with Gasteiger partial charge in [-0.3, -0.25) is 9.59 Å². The number of carbonyl (C=O) groups excluding carboxylic acids is 2. The van der Waals surface area contributed by atoms with E-state index in [0.717, 1.165) is 5.56 Å². The van der Waals surface area contributed by atoms with Crippen LogP contribution in [-0.4, -0.2) is 36.9 Å². The minimum Gasteiger partial charge on any atom is -0.351 e. The Hall–Kier alpha value is -1.88. The van der Waals surface area contributed by atoms with Crippen LogP contribution in [0.4, 0.5) is 0 Å². The molecule has 1 atom stereocenters. The van der Waals surface area contributed by atoms with Gasteiger partial charge >= 0.3 is 0 Å². The van der Waals surface area contributed by atoms with Crippen LogP contribution in [0.15, 0.2) is 24.3 Å². The van der Waals surface area contributed by atoms with Crippen LogP contribution in [-0.2, 0) is 11.3 Å². The van der Waals surface area contributed by atoms with E-state index in [1.54, 1.807) is 26.2 Å². The highest BCUT2D eigenvalue weighted by molar-refractivity contribution is 5.93. The molecule has 0 saturated carbocycles. The zero-order valence-electron chi connectivity index (χ0n) is 13.4. The van der Waals surface area contributed by atoms with E-state index in [-0.39, 0.29) is 17.2 Å². The van der Waals surface area contributed by atoms with Gasteiger partial charge in [0.1, 0.15) is 0 Å². The molecule has 21 heavy (non-hydrogen) atoms. The lowest BCUT2D eigenvalue weighted by Crippen LogP contribution is -2.48. The molecule has 0 aliphatic rings. The van der Waals surface area contributed by atoms with E-state index < -0.39 is 6.04 Å². The topological polar surface area (TPSA) is 75.4 Å². The van der Waals surface area contributed by atoms with Gasteiger partial charge in [0.25, 0.3) is 5.91 Å². The summed E-state index contributed by atoms with van der Waals surface area (Å²) >= 11 is 0. The SMILES string of the molecule is CN(C)C(=O)c1ccc(CNC(=O)[C@@H](N)C(C)(C)C)cc1. The normalized spacial score (nSPS) is 12.7. The fourth-order valence-electron chi connectivity index (χ4n) is 1.72. The lowest BCUT2D eigenvalue weighted by atomic mass is 9.87. The monoisotopic (exact) mass is 291 g/mol. The highest BCUT2D eigenvalue weighted by Gasteiger charge is 2.27. The van der Waals surface area contributed by atoms with Gasteiger partial charge in [-0.15, -0.1) is 0 Å². The van der Waals surface area contributed by atoms with Crippen LogP contribution in [0.3, 0.4) is 0 Å². The number of hydrogen-bond donors (Lipinski definition) is 2. The molecule has 0 aliphatic carbocycles. The van der Waals surface area contributed by atoms with Crippen LogP contribution >= 0.6 is 0 Å². The van der Waals surface area contributed by atoms with E-state index in [2.05, 4.69) is 5.32 Å². The Labute approximate surface area is 126 Å². The third-order valence-corrected chi connectivity index (χ3v) is 3.29. The Balaban J connectivity index is 2.61. The molecule has 0 fully saturated rings. The lowest BCUT2D eigenvalue weighted by molar-refractivity contribution is -0.124. The van der Waals surface area contributed by atoms with Gasteiger partial charge in [0.05, 0.1) is 6.04 Å². The van der Waals surface area contributed by atoms with Crippen molar-refractivity contribution in [3.63, 3.8) is 0 Å². The van der Waals surface area contributed by atoms with E-state index >= 15 is 0 Å². The van der Waals surface area contributed by atoms with Gasteiger partial charge in [-0.05, 0) is 23.1 Å². The molecule has 0 unspecified atom stereocenters. The number of rotatable bonds is 4. The van der Waals surface area contributed by atoms with Crippen LogP contribution < -0.4 is 11.1 Å². The maximum absolute atomic E-state index is 11.9. The number of carbonyl (C=O) groups is 2. The molecule has 3 N–H and O–H groups in total. The maximum atomic E-state index is 11.9. The quantitative estimate of drug-likeness (QED) is 0.880. The molecule has 0 saturated heterocycles. The zero-order chi connectivity index (χ0) is 16.2. The number of nitrogens with two attached hydrogens (primary N) is 1. The average Bonchev–Trinajstić information content (AvgIpc) is 2.42. The zero-order valence-corrected chi connectivity index (χ0v) is 13.4. The molecule has 1 aromatic rings. The molecule has 0 bridgehead atoms. The summed E-state index contributed by atoms with van der Waals surface area (Å²) in [5.41, 5.74) is 7.18. The van der Waals surface area contributed by atoms with Gasteiger partial charge in [0.2, 0.25) is 5.91 Å². The van der Waals surface area contributed by atoms with Crippen molar-refractivity contribution < 1.29 is 9.59 Å². The predicted octanol–water partition coefficient (Wildman–Crippen LogP) is 1.38. The van der Waals surface area contributed by atoms with Crippen molar-refractivity contribution in [2.45, 2.75) is 33.4 Å². The molecular formula is C16H25N3O2. The van der Waals surface area contributed by atoms with Crippen molar-refractivity contribution in [3.8, 4) is 0 Å². The number of benzene rings is 1. The molecular weight excluding hydrogens is 266 g/mol. The number of nitrogens with zero attached hydrogens (tertiary/aromatic N) is 1. The molecule has 0 aromatic heterocycles. The second-order valence-corrected chi connectivity index (χ2v) is 6.46. The molecule has 0 aliphatic heterocycles. The first-order chi connectivity index (χ1) is 9.62. The van der Waals surface area contributed by atoms with Gasteiger partial charge in [0, 0.05) is 26.2 Å². The first-order valence-corrected chi connectivity index (χ1v) is 6.97. The van der Waals surface area contributed by atoms with Crippen molar-refractivity contribution in [3.05, 3.63) is 35.4 Å². The fraction of sp³-hybridized carbons (Fsp3) is 0.500. The Kier molecular flexibility index (Phi) is 5.49. The van der Waals surface area contributed by atoms with Crippen LogP contribution in [0.5, 0.6) is 0 Å². The summed E-state index contributed by atoms with van der Waals surface area (Å²) in [5, 5.41) is 2.82. The maximum Gasteiger partial charge on any atom is 0.253 e. The standard InChI is InChI=1S/C16H25N3O2/c1-16(2,3)13(17)14(20)18-10-11-6-8-12(9-7-11)15(21)19(4)5/h6-9,13H,10,17H2,1-5H3,(H,18,20)/t13-/m1/s1. The van der Waals surface area contributed by atoms with Crippen molar-refractivity contribution in [2.24, 2.45) is 11.1 Å². The van der Waals surface area contributed by atoms with E-state index in [9.17, 15) is 9.59 Å². The van der Waals surface area contributed by atoms with Crippen molar-refractivity contribution in [1.29, 1.82) is 0 Å². The van der Waals surface area contributed by atoms with Crippen molar-refractivity contribution >= 4 is 11.8 Å². The van der Waals surface area contributed by atoms with E-state index in [1.807, 2.05) is 32.9 Å². The highest BCUT2D eigenvalue weighted by Crippen LogP contribution is 2.17. The van der Waals surface area contributed by atoms with E-state index in [0.29, 0.717) is 12.1 Å². The van der Waals surface area contributed by atoms with Crippen LogP contribution in [0.2, 0.25) is 0 Å². The number of hydrogen-bond acceptors (Lipinski definition) is 3. The summed E-state index contributed by atoms with van der Waals surface area (Å²) in [7, 11) is 3.43. The van der Waals surface area contributed by atoms with Crippen LogP contribution in [0, 0.1) is 5.41 Å². The number of amides is 2. The van der Waals surface area contributed by atoms with Gasteiger partial charge in [0.15, 0.2) is 0 Å². The second kappa shape index (κ2) is 6.72. The van der Waals surface area contributed by atoms with E-state index in [1.165, 1.54) is 4.90 Å². The van der Waals surface area contributed by atoms with Gasteiger partial charge in [-0.1, -0.05) is 32.9 Å². The number of nitrogens with one attached hydrogen (secondary N) is 1. The molecule has 2 amide bonds.